The van der Waals surface area contributed by atoms with Crippen molar-refractivity contribution in [2.45, 2.75) is 45.6 Å². The lowest BCUT2D eigenvalue weighted by molar-refractivity contribution is -0.0755. The van der Waals surface area contributed by atoms with Crippen LogP contribution in [-0.2, 0) is 4.74 Å². The maximum atomic E-state index is 12.5. The van der Waals surface area contributed by atoms with Crippen LogP contribution in [0, 0.1) is 0 Å². The summed E-state index contributed by atoms with van der Waals surface area (Å²) < 4.78 is 17.4. The standard InChI is InChI=1S/C9H18FNO3/c1-8(2,3)14-7(12)11-6-5-9(4,10)13/h13H,5-6H2,1-4H3,(H,11,12). The first-order valence-corrected chi connectivity index (χ1v) is 4.48. The van der Waals surface area contributed by atoms with Gasteiger partial charge in [0.25, 0.3) is 0 Å². The Balaban J connectivity index is 3.66. The number of nitrogens with one attached hydrogen (secondary N) is 1. The largest absolute Gasteiger partial charge is 0.444 e. The minimum absolute atomic E-state index is 0.0401. The van der Waals surface area contributed by atoms with Gasteiger partial charge in [-0.15, -0.1) is 0 Å². The third-order valence-electron chi connectivity index (χ3n) is 1.25. The zero-order valence-corrected chi connectivity index (χ0v) is 9.06. The highest BCUT2D eigenvalue weighted by atomic mass is 19.2. The van der Waals surface area contributed by atoms with E-state index < -0.39 is 17.5 Å². The molecule has 0 heterocycles. The van der Waals surface area contributed by atoms with Gasteiger partial charge in [-0.2, -0.15) is 0 Å². The van der Waals surface area contributed by atoms with E-state index in [9.17, 15) is 9.18 Å². The summed E-state index contributed by atoms with van der Waals surface area (Å²) in [6, 6.07) is 0. The number of alkyl halides is 1. The predicted molar refractivity (Wildman–Crippen MR) is 50.6 cm³/mol. The molecule has 4 nitrogen and oxygen atoms in total. The van der Waals surface area contributed by atoms with E-state index in [1.807, 2.05) is 0 Å². The van der Waals surface area contributed by atoms with Crippen LogP contribution in [0.15, 0.2) is 0 Å². The molecule has 0 aliphatic rings. The van der Waals surface area contributed by atoms with E-state index in [1.165, 1.54) is 0 Å². The lowest BCUT2D eigenvalue weighted by Crippen LogP contribution is -2.35. The summed E-state index contributed by atoms with van der Waals surface area (Å²) in [7, 11) is 0. The van der Waals surface area contributed by atoms with Crippen LogP contribution < -0.4 is 5.32 Å². The van der Waals surface area contributed by atoms with E-state index in [2.05, 4.69) is 5.32 Å². The monoisotopic (exact) mass is 207 g/mol. The summed E-state index contributed by atoms with van der Waals surface area (Å²) in [6.45, 7) is 6.27. The van der Waals surface area contributed by atoms with Crippen LogP contribution in [0.2, 0.25) is 0 Å². The van der Waals surface area contributed by atoms with Crippen LogP contribution in [0.3, 0.4) is 0 Å². The van der Waals surface area contributed by atoms with E-state index in [0.717, 1.165) is 6.92 Å². The Hall–Kier alpha value is -0.840. The van der Waals surface area contributed by atoms with Crippen molar-refractivity contribution >= 4 is 6.09 Å². The molecule has 0 spiro atoms. The Morgan fingerprint density at radius 3 is 2.29 bits per heavy atom. The molecule has 0 aliphatic carbocycles. The maximum Gasteiger partial charge on any atom is 0.407 e. The van der Waals surface area contributed by atoms with E-state index in [4.69, 9.17) is 9.84 Å². The molecule has 84 valence electrons. The summed E-state index contributed by atoms with van der Waals surface area (Å²) in [5, 5.41) is 11.0. The molecule has 14 heavy (non-hydrogen) atoms. The molecule has 5 heteroatoms. The molecule has 2 N–H and O–H groups in total. The molecule has 0 aromatic heterocycles. The minimum Gasteiger partial charge on any atom is -0.444 e. The average Bonchev–Trinajstić information content (AvgIpc) is 1.78. The number of hydrogen-bond donors (Lipinski definition) is 2. The number of carbonyl (C=O) groups excluding carboxylic acids is 1. The lowest BCUT2D eigenvalue weighted by atomic mass is 10.2. The van der Waals surface area contributed by atoms with E-state index in [0.29, 0.717) is 0 Å². The summed E-state index contributed by atoms with van der Waals surface area (Å²) in [4.78, 5) is 11.0. The molecule has 0 aliphatic heterocycles. The molecule has 0 rings (SSSR count). The van der Waals surface area contributed by atoms with Gasteiger partial charge in [-0.3, -0.25) is 0 Å². The highest BCUT2D eigenvalue weighted by Crippen LogP contribution is 2.09. The SMILES string of the molecule is CC(O)(F)CCNC(=O)OC(C)(C)C. The molecule has 0 saturated carbocycles. The minimum atomic E-state index is -2.25. The van der Waals surface area contributed by atoms with Crippen molar-refractivity contribution in [1.82, 2.24) is 5.32 Å². The Kier molecular flexibility index (Phi) is 4.32. The zero-order chi connectivity index (χ0) is 11.4. The highest BCUT2D eigenvalue weighted by Gasteiger charge is 2.19. The van der Waals surface area contributed by atoms with Gasteiger partial charge in [-0.05, 0) is 27.7 Å². The first-order valence-electron chi connectivity index (χ1n) is 4.48. The maximum absolute atomic E-state index is 12.5. The first kappa shape index (κ1) is 13.2. The highest BCUT2D eigenvalue weighted by molar-refractivity contribution is 5.67. The summed E-state index contributed by atoms with van der Waals surface area (Å²) in [5.41, 5.74) is -0.567. The quantitative estimate of drug-likeness (QED) is 0.738. The Labute approximate surface area is 83.4 Å². The summed E-state index contributed by atoms with van der Waals surface area (Å²) in [5.74, 6) is -2.25. The average molecular weight is 207 g/mol. The van der Waals surface area contributed by atoms with Crippen molar-refractivity contribution in [3.63, 3.8) is 0 Å². The van der Waals surface area contributed by atoms with E-state index in [1.54, 1.807) is 20.8 Å². The molecule has 0 bridgehead atoms. The van der Waals surface area contributed by atoms with Crippen LogP contribution in [0.25, 0.3) is 0 Å². The molecular weight excluding hydrogens is 189 g/mol. The number of halogens is 1. The lowest BCUT2D eigenvalue weighted by Gasteiger charge is -2.20. The number of rotatable bonds is 3. The van der Waals surface area contributed by atoms with Gasteiger partial charge in [-0.1, -0.05) is 0 Å². The second-order valence-corrected chi connectivity index (χ2v) is 4.32. The number of aliphatic hydroxyl groups is 1. The van der Waals surface area contributed by atoms with Crippen LogP contribution in [-0.4, -0.2) is 29.2 Å². The van der Waals surface area contributed by atoms with Gasteiger partial charge in [0.1, 0.15) is 5.60 Å². The predicted octanol–water partition coefficient (Wildman–Crippen LogP) is 1.58. The zero-order valence-electron chi connectivity index (χ0n) is 9.06. The van der Waals surface area contributed by atoms with Crippen LogP contribution >= 0.6 is 0 Å². The number of carbonyl (C=O) groups is 1. The van der Waals surface area contributed by atoms with Crippen molar-refractivity contribution in [3.8, 4) is 0 Å². The molecule has 0 saturated heterocycles. The topological polar surface area (TPSA) is 58.6 Å². The smallest absolute Gasteiger partial charge is 0.407 e. The number of ether oxygens (including phenoxy) is 1. The Morgan fingerprint density at radius 1 is 1.43 bits per heavy atom. The fourth-order valence-corrected chi connectivity index (χ4v) is 0.707. The summed E-state index contributed by atoms with van der Waals surface area (Å²) in [6.07, 6.45) is -0.770. The van der Waals surface area contributed by atoms with Crippen molar-refractivity contribution in [3.05, 3.63) is 0 Å². The molecule has 0 radical (unpaired) electrons. The van der Waals surface area contributed by atoms with Gasteiger partial charge in [0.05, 0.1) is 0 Å². The van der Waals surface area contributed by atoms with Crippen molar-refractivity contribution < 1.29 is 19.0 Å². The van der Waals surface area contributed by atoms with E-state index in [-0.39, 0.29) is 13.0 Å². The third-order valence-corrected chi connectivity index (χ3v) is 1.25. The van der Waals surface area contributed by atoms with Gasteiger partial charge in [0.2, 0.25) is 5.85 Å². The van der Waals surface area contributed by atoms with E-state index >= 15 is 0 Å². The van der Waals surface area contributed by atoms with Crippen LogP contribution in [0.5, 0.6) is 0 Å². The van der Waals surface area contributed by atoms with Crippen molar-refractivity contribution in [1.29, 1.82) is 0 Å². The first-order chi connectivity index (χ1) is 6.10. The number of alkyl carbamates (subject to hydrolysis) is 1. The molecule has 1 unspecified atom stereocenters. The summed E-state index contributed by atoms with van der Waals surface area (Å²) >= 11 is 0. The van der Waals surface area contributed by atoms with Crippen molar-refractivity contribution in [2.24, 2.45) is 0 Å². The van der Waals surface area contributed by atoms with Crippen molar-refractivity contribution in [2.75, 3.05) is 6.54 Å². The normalized spacial score (nSPS) is 15.9. The molecule has 1 amide bonds. The van der Waals surface area contributed by atoms with Gasteiger partial charge in [-0.25, -0.2) is 9.18 Å². The van der Waals surface area contributed by atoms with Gasteiger partial charge in [0.15, 0.2) is 0 Å². The Bertz CT molecular complexity index is 193. The molecule has 1 atom stereocenters. The van der Waals surface area contributed by atoms with Crippen LogP contribution in [0.1, 0.15) is 34.1 Å². The third kappa shape index (κ3) is 9.25. The fraction of sp³-hybridized carbons (Fsp3) is 0.889. The van der Waals surface area contributed by atoms with Gasteiger partial charge >= 0.3 is 6.09 Å². The van der Waals surface area contributed by atoms with Gasteiger partial charge in [0, 0.05) is 13.0 Å². The number of amides is 1. The Morgan fingerprint density at radius 2 is 1.93 bits per heavy atom. The molecule has 0 aromatic carbocycles. The molecule has 0 fully saturated rings. The molecule has 0 aromatic rings. The van der Waals surface area contributed by atoms with Crippen LogP contribution in [0.4, 0.5) is 9.18 Å². The fourth-order valence-electron chi connectivity index (χ4n) is 0.707. The second kappa shape index (κ2) is 4.59. The van der Waals surface area contributed by atoms with Gasteiger partial charge < -0.3 is 15.2 Å². The second-order valence-electron chi connectivity index (χ2n) is 4.32. The molecular formula is C9H18FNO3. The number of hydrogen-bond acceptors (Lipinski definition) is 3.